The largest absolute Gasteiger partial charge is 0.497 e. The van der Waals surface area contributed by atoms with Crippen molar-refractivity contribution >= 4 is 11.4 Å². The Bertz CT molecular complexity index is 1160. The van der Waals surface area contributed by atoms with Gasteiger partial charge < -0.3 is 9.64 Å². The van der Waals surface area contributed by atoms with Crippen molar-refractivity contribution in [1.82, 2.24) is 19.7 Å². The number of rotatable bonds is 6. The van der Waals surface area contributed by atoms with Crippen molar-refractivity contribution in [2.24, 2.45) is 0 Å². The molecule has 0 N–H and O–H groups in total. The first-order chi connectivity index (χ1) is 14.7. The highest BCUT2D eigenvalue weighted by Gasteiger charge is 2.14. The summed E-state index contributed by atoms with van der Waals surface area (Å²) in [5.41, 5.74) is 4.32. The molecule has 0 radical (unpaired) electrons. The van der Waals surface area contributed by atoms with E-state index in [0.29, 0.717) is 12.2 Å². The normalized spacial score (nSPS) is 10.4. The van der Waals surface area contributed by atoms with Crippen LogP contribution in [0, 0.1) is 18.3 Å². The zero-order valence-corrected chi connectivity index (χ0v) is 16.7. The number of ether oxygens (including phenoxy) is 1. The molecule has 0 saturated heterocycles. The van der Waals surface area contributed by atoms with Gasteiger partial charge in [0.15, 0.2) is 5.82 Å². The van der Waals surface area contributed by atoms with Gasteiger partial charge in [0.05, 0.1) is 37.1 Å². The summed E-state index contributed by atoms with van der Waals surface area (Å²) < 4.78 is 7.00. The quantitative estimate of drug-likeness (QED) is 0.486. The van der Waals surface area contributed by atoms with E-state index in [4.69, 9.17) is 10.00 Å². The maximum absolute atomic E-state index is 9.06. The van der Waals surface area contributed by atoms with Crippen LogP contribution in [-0.4, -0.2) is 26.9 Å². The average molecular weight is 396 g/mol. The zero-order chi connectivity index (χ0) is 20.9. The Morgan fingerprint density at radius 3 is 2.43 bits per heavy atom. The molecule has 0 aliphatic carbocycles. The van der Waals surface area contributed by atoms with E-state index < -0.39 is 0 Å². The van der Waals surface area contributed by atoms with Gasteiger partial charge >= 0.3 is 0 Å². The van der Waals surface area contributed by atoms with Gasteiger partial charge in [0, 0.05) is 12.7 Å². The third-order valence-electron chi connectivity index (χ3n) is 4.68. The number of hydrogen-bond donors (Lipinski definition) is 0. The second-order valence-corrected chi connectivity index (χ2v) is 6.78. The number of nitriles is 1. The lowest BCUT2D eigenvalue weighted by atomic mass is 10.2. The van der Waals surface area contributed by atoms with Crippen molar-refractivity contribution in [3.63, 3.8) is 0 Å². The van der Waals surface area contributed by atoms with Gasteiger partial charge in [0.1, 0.15) is 17.5 Å². The first-order valence-corrected chi connectivity index (χ1v) is 9.40. The van der Waals surface area contributed by atoms with Gasteiger partial charge in [-0.05, 0) is 48.4 Å². The summed E-state index contributed by atoms with van der Waals surface area (Å²) >= 11 is 0. The molecule has 148 valence electrons. The molecule has 0 atom stereocenters. The lowest BCUT2D eigenvalue weighted by Crippen LogP contribution is -2.16. The number of benzene rings is 1. The molecule has 0 aliphatic heterocycles. The Hall–Kier alpha value is -4.18. The van der Waals surface area contributed by atoms with Crippen LogP contribution in [0.1, 0.15) is 16.8 Å². The van der Waals surface area contributed by atoms with Crippen LogP contribution in [0.4, 0.5) is 11.4 Å². The molecule has 0 aliphatic rings. The molecule has 7 heteroatoms. The molecule has 0 bridgehead atoms. The van der Waals surface area contributed by atoms with Gasteiger partial charge in [0.2, 0.25) is 0 Å². The smallest absolute Gasteiger partial charge is 0.153 e. The van der Waals surface area contributed by atoms with Crippen LogP contribution in [0.3, 0.4) is 0 Å². The third-order valence-corrected chi connectivity index (χ3v) is 4.68. The Kier molecular flexibility index (Phi) is 5.39. The first-order valence-electron chi connectivity index (χ1n) is 9.40. The molecule has 0 unspecified atom stereocenters. The molecular weight excluding hydrogens is 376 g/mol. The number of pyridine rings is 2. The standard InChI is InChI=1S/C23H20N6O/c1-17-3-10-23(26-12-17)29-16-21(14-27-29)28(20-7-6-19(11-24)25-13-20)15-18-4-8-22(30-2)9-5-18/h3-10,12-14,16H,15H2,1-2H3. The highest BCUT2D eigenvalue weighted by molar-refractivity contribution is 5.62. The molecular formula is C23H20N6O. The second kappa shape index (κ2) is 8.45. The Balaban J connectivity index is 1.68. The summed E-state index contributed by atoms with van der Waals surface area (Å²) in [6, 6.07) is 17.5. The second-order valence-electron chi connectivity index (χ2n) is 6.78. The Morgan fingerprint density at radius 1 is 0.967 bits per heavy atom. The molecule has 3 aromatic heterocycles. The van der Waals surface area contributed by atoms with E-state index in [1.165, 1.54) is 0 Å². The van der Waals surface area contributed by atoms with Crippen molar-refractivity contribution < 1.29 is 4.74 Å². The van der Waals surface area contributed by atoms with Crippen LogP contribution >= 0.6 is 0 Å². The maximum Gasteiger partial charge on any atom is 0.153 e. The average Bonchev–Trinajstić information content (AvgIpc) is 3.28. The van der Waals surface area contributed by atoms with Gasteiger partial charge in [-0.1, -0.05) is 18.2 Å². The van der Waals surface area contributed by atoms with Crippen LogP contribution < -0.4 is 9.64 Å². The van der Waals surface area contributed by atoms with E-state index in [2.05, 4.69) is 26.0 Å². The van der Waals surface area contributed by atoms with E-state index in [-0.39, 0.29) is 0 Å². The van der Waals surface area contributed by atoms with Gasteiger partial charge in [-0.25, -0.2) is 14.6 Å². The molecule has 0 amide bonds. The van der Waals surface area contributed by atoms with E-state index >= 15 is 0 Å². The van der Waals surface area contributed by atoms with Crippen molar-refractivity contribution in [1.29, 1.82) is 5.26 Å². The van der Waals surface area contributed by atoms with Crippen LogP contribution in [0.2, 0.25) is 0 Å². The topological polar surface area (TPSA) is 79.9 Å². The first kappa shape index (κ1) is 19.2. The molecule has 0 spiro atoms. The van der Waals surface area contributed by atoms with E-state index in [9.17, 15) is 0 Å². The molecule has 4 rings (SSSR count). The lowest BCUT2D eigenvalue weighted by Gasteiger charge is -2.23. The van der Waals surface area contributed by atoms with E-state index in [1.54, 1.807) is 30.3 Å². The van der Waals surface area contributed by atoms with Crippen molar-refractivity contribution in [2.45, 2.75) is 13.5 Å². The summed E-state index contributed by atoms with van der Waals surface area (Å²) in [7, 11) is 1.65. The number of methoxy groups -OCH3 is 1. The van der Waals surface area contributed by atoms with E-state index in [1.807, 2.05) is 61.8 Å². The molecule has 0 saturated carbocycles. The van der Waals surface area contributed by atoms with Crippen LogP contribution in [0.5, 0.6) is 5.75 Å². The molecule has 4 aromatic rings. The number of aryl methyl sites for hydroxylation is 1. The molecule has 7 nitrogen and oxygen atoms in total. The summed E-state index contributed by atoms with van der Waals surface area (Å²) in [5, 5.41) is 13.5. The van der Waals surface area contributed by atoms with Crippen LogP contribution in [-0.2, 0) is 6.54 Å². The summed E-state index contributed by atoms with van der Waals surface area (Å²) in [4.78, 5) is 10.8. The fourth-order valence-corrected chi connectivity index (χ4v) is 3.03. The number of aromatic nitrogens is 4. The van der Waals surface area contributed by atoms with Gasteiger partial charge in [-0.2, -0.15) is 10.4 Å². The van der Waals surface area contributed by atoms with Crippen LogP contribution in [0.15, 0.2) is 73.3 Å². The molecule has 1 aromatic carbocycles. The summed E-state index contributed by atoms with van der Waals surface area (Å²) in [6.45, 7) is 2.60. The minimum atomic E-state index is 0.377. The monoisotopic (exact) mass is 396 g/mol. The predicted octanol–water partition coefficient (Wildman–Crippen LogP) is 4.19. The third kappa shape index (κ3) is 4.13. The number of nitrogens with zero attached hydrogens (tertiary/aromatic N) is 6. The summed E-state index contributed by atoms with van der Waals surface area (Å²) in [6.07, 6.45) is 7.24. The van der Waals surface area contributed by atoms with Crippen molar-refractivity contribution in [3.05, 3.63) is 90.1 Å². The van der Waals surface area contributed by atoms with Crippen LogP contribution in [0.25, 0.3) is 5.82 Å². The fourth-order valence-electron chi connectivity index (χ4n) is 3.03. The minimum absolute atomic E-state index is 0.377. The van der Waals surface area contributed by atoms with Gasteiger partial charge in [-0.3, -0.25) is 0 Å². The van der Waals surface area contributed by atoms with Gasteiger partial charge in [0.25, 0.3) is 0 Å². The number of anilines is 2. The minimum Gasteiger partial charge on any atom is -0.497 e. The highest BCUT2D eigenvalue weighted by atomic mass is 16.5. The molecule has 0 fully saturated rings. The zero-order valence-electron chi connectivity index (χ0n) is 16.7. The Morgan fingerprint density at radius 2 is 1.80 bits per heavy atom. The predicted molar refractivity (Wildman–Crippen MR) is 114 cm³/mol. The Labute approximate surface area is 174 Å². The number of hydrogen-bond acceptors (Lipinski definition) is 6. The van der Waals surface area contributed by atoms with Crippen molar-refractivity contribution in [2.75, 3.05) is 12.0 Å². The lowest BCUT2D eigenvalue weighted by molar-refractivity contribution is 0.414. The fraction of sp³-hybridized carbons (Fsp3) is 0.130. The maximum atomic E-state index is 9.06. The van der Waals surface area contributed by atoms with E-state index in [0.717, 1.165) is 34.1 Å². The SMILES string of the molecule is COc1ccc(CN(c2ccc(C#N)nc2)c2cnn(-c3ccc(C)cn3)c2)cc1. The highest BCUT2D eigenvalue weighted by Crippen LogP contribution is 2.28. The summed E-state index contributed by atoms with van der Waals surface area (Å²) in [5.74, 6) is 1.55. The van der Waals surface area contributed by atoms with Crippen molar-refractivity contribution in [3.8, 4) is 17.6 Å². The van der Waals surface area contributed by atoms with Gasteiger partial charge in [-0.15, -0.1) is 0 Å². The molecule has 3 heterocycles. The molecule has 30 heavy (non-hydrogen) atoms.